The molecule has 0 aromatic heterocycles. The molecular weight excluding hydrogens is 371 g/mol. The molecule has 0 heterocycles. The molecule has 0 unspecified atom stereocenters. The molecule has 6 heteroatoms. The molecule has 0 radical (unpaired) electrons. The number of Topliss-reactive ketones (excluding diaryl/α,β-unsaturated/α-hetero) is 2. The number of ketones is 2. The van der Waals surface area contributed by atoms with Gasteiger partial charge in [-0.25, -0.2) is 0 Å². The maximum Gasteiger partial charge on any atom is 0.199 e. The Hall–Kier alpha value is -1.03. The van der Waals surface area contributed by atoms with E-state index in [1.165, 1.54) is 12.1 Å². The Morgan fingerprint density at radius 2 is 1.83 bits per heavy atom. The normalized spacial score (nSPS) is 14.2. The van der Waals surface area contributed by atoms with E-state index in [2.05, 4.69) is 0 Å². The van der Waals surface area contributed by atoms with Crippen molar-refractivity contribution in [3.63, 3.8) is 0 Å². The summed E-state index contributed by atoms with van der Waals surface area (Å²) in [7, 11) is 0. The van der Waals surface area contributed by atoms with Crippen LogP contribution in [0.2, 0.25) is 10.0 Å². The first-order valence-electron chi connectivity index (χ1n) is 8.04. The molecule has 1 aromatic rings. The quantitative estimate of drug-likeness (QED) is 0.441. The van der Waals surface area contributed by atoms with Gasteiger partial charge in [0.2, 0.25) is 0 Å². The third-order valence-corrected chi connectivity index (χ3v) is 4.37. The fourth-order valence-corrected chi connectivity index (χ4v) is 3.12. The number of carbonyl (C=O) groups is 2. The van der Waals surface area contributed by atoms with Crippen LogP contribution in [-0.2, 0) is 4.79 Å². The average Bonchev–Trinajstić information content (AvgIpc) is 2.56. The van der Waals surface area contributed by atoms with Crippen LogP contribution in [0.4, 0.5) is 0 Å². The van der Waals surface area contributed by atoms with Crippen LogP contribution in [-0.4, -0.2) is 18.2 Å². The number of carbonyl (C=O) groups excluding carboxylic acids is 2. The Balaban J connectivity index is 0.00000139. The van der Waals surface area contributed by atoms with Gasteiger partial charge in [-0.1, -0.05) is 55.6 Å². The van der Waals surface area contributed by atoms with Crippen molar-refractivity contribution < 1.29 is 14.3 Å². The van der Waals surface area contributed by atoms with E-state index in [0.29, 0.717) is 35.9 Å². The van der Waals surface area contributed by atoms with Crippen molar-refractivity contribution in [2.24, 2.45) is 0 Å². The summed E-state index contributed by atoms with van der Waals surface area (Å²) in [5, 5.41) is 0.731. The third-order valence-electron chi connectivity index (χ3n) is 3.32. The van der Waals surface area contributed by atoms with Gasteiger partial charge in [0.05, 0.1) is 22.2 Å². The molecule has 0 N–H and O–H groups in total. The van der Waals surface area contributed by atoms with Gasteiger partial charge in [-0.3, -0.25) is 9.59 Å². The fraction of sp³-hybridized carbons (Fsp3) is 0.444. The van der Waals surface area contributed by atoms with E-state index in [0.717, 1.165) is 6.42 Å². The maximum atomic E-state index is 12.6. The lowest BCUT2D eigenvalue weighted by Crippen LogP contribution is -2.18. The summed E-state index contributed by atoms with van der Waals surface area (Å²) in [5.41, 5.74) is 0.208. The van der Waals surface area contributed by atoms with Gasteiger partial charge in [0, 0.05) is 17.0 Å². The summed E-state index contributed by atoms with van der Waals surface area (Å²) in [5.74, 6) is -0.461. The Morgan fingerprint density at radius 1 is 1.17 bits per heavy atom. The van der Waals surface area contributed by atoms with E-state index in [-0.39, 0.29) is 27.7 Å². The molecule has 132 valence electrons. The van der Waals surface area contributed by atoms with Crippen LogP contribution in [0.1, 0.15) is 56.8 Å². The molecule has 0 atom stereocenters. The van der Waals surface area contributed by atoms with E-state index in [1.807, 2.05) is 20.8 Å². The molecule has 2 rings (SSSR count). The largest absolute Gasteiger partial charge is 0.490 e. The van der Waals surface area contributed by atoms with Crippen LogP contribution in [0.25, 0.3) is 0 Å². The van der Waals surface area contributed by atoms with E-state index >= 15 is 0 Å². The topological polar surface area (TPSA) is 43.4 Å². The van der Waals surface area contributed by atoms with Crippen molar-refractivity contribution in [2.45, 2.75) is 46.5 Å². The summed E-state index contributed by atoms with van der Waals surface area (Å²) >= 11 is 18.4. The zero-order valence-corrected chi connectivity index (χ0v) is 16.3. The fourth-order valence-electron chi connectivity index (χ4n) is 2.23. The second kappa shape index (κ2) is 10.1. The highest BCUT2D eigenvalue weighted by atomic mass is 35.5. The average molecular weight is 392 g/mol. The zero-order chi connectivity index (χ0) is 18.3. The number of halogens is 3. The van der Waals surface area contributed by atoms with Crippen molar-refractivity contribution in [3.05, 3.63) is 38.3 Å². The minimum absolute atomic E-state index is 0.0265. The van der Waals surface area contributed by atoms with Gasteiger partial charge in [0.1, 0.15) is 0 Å². The smallest absolute Gasteiger partial charge is 0.199 e. The van der Waals surface area contributed by atoms with Crippen molar-refractivity contribution in [1.29, 1.82) is 0 Å². The Labute approximate surface area is 157 Å². The Bertz CT molecular complexity index is 651. The second-order valence-electron chi connectivity index (χ2n) is 4.97. The van der Waals surface area contributed by atoms with Crippen molar-refractivity contribution in [2.75, 3.05) is 6.61 Å². The van der Waals surface area contributed by atoms with Crippen LogP contribution in [0.3, 0.4) is 0 Å². The van der Waals surface area contributed by atoms with E-state index in [1.54, 1.807) is 0 Å². The van der Waals surface area contributed by atoms with Crippen LogP contribution < -0.4 is 4.74 Å². The predicted octanol–water partition coefficient (Wildman–Crippen LogP) is 6.24. The van der Waals surface area contributed by atoms with E-state index in [9.17, 15) is 9.59 Å². The molecule has 0 aliphatic heterocycles. The maximum absolute atomic E-state index is 12.6. The molecule has 0 spiro atoms. The number of benzene rings is 1. The Kier molecular flexibility index (Phi) is 8.82. The van der Waals surface area contributed by atoms with Gasteiger partial charge in [0.15, 0.2) is 17.3 Å². The molecular formula is C18H21Cl3O3. The van der Waals surface area contributed by atoms with Crippen LogP contribution >= 0.6 is 34.8 Å². The molecule has 0 amide bonds. The molecule has 0 saturated heterocycles. The first kappa shape index (κ1) is 21.0. The number of rotatable bonds is 5. The molecule has 1 aromatic carbocycles. The van der Waals surface area contributed by atoms with Gasteiger partial charge < -0.3 is 4.74 Å². The first-order chi connectivity index (χ1) is 11.5. The van der Waals surface area contributed by atoms with Gasteiger partial charge in [-0.15, -0.1) is 0 Å². The van der Waals surface area contributed by atoms with Crippen molar-refractivity contribution in [1.82, 2.24) is 0 Å². The molecule has 0 bridgehead atoms. The highest BCUT2D eigenvalue weighted by molar-refractivity contribution is 6.43. The number of hydrogen-bond donors (Lipinski definition) is 0. The van der Waals surface area contributed by atoms with Crippen molar-refractivity contribution >= 4 is 46.4 Å². The molecule has 1 aliphatic rings. The SMILES string of the molecule is CC.CCCOc1c(Cl)ccc(C(=O)C2=C(Cl)CCCC2=O)c1Cl. The second-order valence-corrected chi connectivity index (χ2v) is 6.21. The monoisotopic (exact) mass is 390 g/mol. The molecule has 24 heavy (non-hydrogen) atoms. The number of ether oxygens (including phenoxy) is 1. The minimum Gasteiger partial charge on any atom is -0.490 e. The summed E-state index contributed by atoms with van der Waals surface area (Å²) in [6.45, 7) is 6.38. The third kappa shape index (κ3) is 4.75. The standard InChI is InChI=1S/C16H15Cl3O3.C2H6/c1-2-8-22-16-11(18)7-6-9(14(16)19)15(21)13-10(17)4-3-5-12(13)20;1-2/h6-7H,2-5,8H2,1H3;1-2H3. The van der Waals surface area contributed by atoms with E-state index in [4.69, 9.17) is 39.5 Å². The molecule has 0 saturated carbocycles. The lowest BCUT2D eigenvalue weighted by atomic mass is 9.91. The lowest BCUT2D eigenvalue weighted by Gasteiger charge is -2.16. The molecule has 3 nitrogen and oxygen atoms in total. The highest BCUT2D eigenvalue weighted by Crippen LogP contribution is 2.38. The molecule has 1 aliphatic carbocycles. The van der Waals surface area contributed by atoms with Gasteiger partial charge in [-0.2, -0.15) is 0 Å². The summed E-state index contributed by atoms with van der Waals surface area (Å²) in [6.07, 6.45) is 2.29. The number of allylic oxidation sites excluding steroid dienone is 2. The summed E-state index contributed by atoms with van der Waals surface area (Å²) in [6, 6.07) is 3.03. The highest BCUT2D eigenvalue weighted by Gasteiger charge is 2.29. The van der Waals surface area contributed by atoms with Crippen LogP contribution in [0.5, 0.6) is 5.75 Å². The van der Waals surface area contributed by atoms with Crippen LogP contribution in [0.15, 0.2) is 22.7 Å². The molecule has 0 fully saturated rings. The summed E-state index contributed by atoms with van der Waals surface area (Å²) < 4.78 is 5.50. The Morgan fingerprint density at radius 3 is 2.42 bits per heavy atom. The first-order valence-corrected chi connectivity index (χ1v) is 9.18. The van der Waals surface area contributed by atoms with Crippen molar-refractivity contribution in [3.8, 4) is 5.75 Å². The number of hydrogen-bond acceptors (Lipinski definition) is 3. The van der Waals surface area contributed by atoms with Gasteiger partial charge >= 0.3 is 0 Å². The van der Waals surface area contributed by atoms with E-state index < -0.39 is 5.78 Å². The summed E-state index contributed by atoms with van der Waals surface area (Å²) in [4.78, 5) is 24.6. The van der Waals surface area contributed by atoms with Gasteiger partial charge in [-0.05, 0) is 31.4 Å². The van der Waals surface area contributed by atoms with Gasteiger partial charge in [0.25, 0.3) is 0 Å². The van der Waals surface area contributed by atoms with Crippen LogP contribution in [0, 0.1) is 0 Å². The lowest BCUT2D eigenvalue weighted by molar-refractivity contribution is -0.115. The minimum atomic E-state index is -0.474. The zero-order valence-electron chi connectivity index (χ0n) is 14.0. The predicted molar refractivity (Wildman–Crippen MR) is 99.7 cm³/mol.